The molecule has 1 fully saturated rings. The molecule has 1 aliphatic carbocycles. The van der Waals surface area contributed by atoms with Crippen LogP contribution in [0.3, 0.4) is 0 Å². The van der Waals surface area contributed by atoms with E-state index in [0.717, 1.165) is 6.42 Å². The minimum absolute atomic E-state index is 0.478. The second kappa shape index (κ2) is 5.25. The summed E-state index contributed by atoms with van der Waals surface area (Å²) < 4.78 is 27.2. The Morgan fingerprint density at radius 3 is 2.60 bits per heavy atom. The maximum absolute atomic E-state index is 11.6. The maximum Gasteiger partial charge on any atom is 0.279 e. The highest BCUT2D eigenvalue weighted by molar-refractivity contribution is 7.87. The van der Waals surface area contributed by atoms with Gasteiger partial charge in [0.05, 0.1) is 0 Å². The van der Waals surface area contributed by atoms with Crippen LogP contribution in [0, 0.1) is 11.8 Å². The fourth-order valence-corrected chi connectivity index (χ4v) is 2.45. The molecular formula is C9H21N3O2S. The molecule has 0 aliphatic heterocycles. The summed E-state index contributed by atoms with van der Waals surface area (Å²) in [6.07, 6.45) is 1.83. The first-order valence-corrected chi connectivity index (χ1v) is 6.82. The Bertz CT molecular complexity index is 292. The molecule has 1 rings (SSSR count). The van der Waals surface area contributed by atoms with Crippen molar-refractivity contribution in [2.24, 2.45) is 17.6 Å². The molecule has 0 heterocycles. The molecule has 0 aromatic heterocycles. The third-order valence-electron chi connectivity index (χ3n) is 2.89. The summed E-state index contributed by atoms with van der Waals surface area (Å²) in [5.74, 6) is 1.20. The van der Waals surface area contributed by atoms with Crippen LogP contribution in [0.25, 0.3) is 0 Å². The van der Waals surface area contributed by atoms with Gasteiger partial charge in [-0.05, 0) is 31.2 Å². The average Bonchev–Trinajstić information content (AvgIpc) is 2.88. The van der Waals surface area contributed by atoms with E-state index in [2.05, 4.69) is 11.6 Å². The van der Waals surface area contributed by atoms with Crippen molar-refractivity contribution in [3.05, 3.63) is 0 Å². The van der Waals surface area contributed by atoms with Crippen molar-refractivity contribution in [2.45, 2.75) is 19.8 Å². The molecule has 1 aliphatic rings. The Hall–Kier alpha value is -0.170. The minimum atomic E-state index is -3.28. The van der Waals surface area contributed by atoms with Crippen molar-refractivity contribution in [1.29, 1.82) is 0 Å². The number of hydrogen-bond acceptors (Lipinski definition) is 3. The molecule has 5 nitrogen and oxygen atoms in total. The molecule has 0 amide bonds. The average molecular weight is 235 g/mol. The van der Waals surface area contributed by atoms with Gasteiger partial charge in [-0.25, -0.2) is 4.72 Å². The van der Waals surface area contributed by atoms with E-state index in [-0.39, 0.29) is 0 Å². The fourth-order valence-electron chi connectivity index (χ4n) is 1.44. The zero-order chi connectivity index (χ0) is 11.5. The lowest BCUT2D eigenvalue weighted by atomic mass is 10.3. The van der Waals surface area contributed by atoms with Gasteiger partial charge < -0.3 is 5.73 Å². The number of nitrogens with zero attached hydrogens (tertiary/aromatic N) is 1. The van der Waals surface area contributed by atoms with Gasteiger partial charge in [0, 0.05) is 20.1 Å². The van der Waals surface area contributed by atoms with Crippen LogP contribution in [0.2, 0.25) is 0 Å². The largest absolute Gasteiger partial charge is 0.330 e. The first-order valence-electron chi connectivity index (χ1n) is 5.38. The second-order valence-electron chi connectivity index (χ2n) is 4.29. The van der Waals surface area contributed by atoms with Crippen LogP contribution in [0.5, 0.6) is 0 Å². The van der Waals surface area contributed by atoms with Crippen molar-refractivity contribution < 1.29 is 8.42 Å². The summed E-state index contributed by atoms with van der Waals surface area (Å²) in [5.41, 5.74) is 5.33. The van der Waals surface area contributed by atoms with E-state index in [1.165, 1.54) is 4.31 Å². The molecule has 6 heteroatoms. The summed E-state index contributed by atoms with van der Waals surface area (Å²) in [6.45, 7) is 3.69. The van der Waals surface area contributed by atoms with Gasteiger partial charge in [0.25, 0.3) is 10.2 Å². The molecule has 0 saturated heterocycles. The summed E-state index contributed by atoms with van der Waals surface area (Å²) in [7, 11) is -1.71. The lowest BCUT2D eigenvalue weighted by molar-refractivity contribution is 0.450. The van der Waals surface area contributed by atoms with Gasteiger partial charge in [0.2, 0.25) is 0 Å². The Morgan fingerprint density at radius 1 is 1.53 bits per heavy atom. The highest BCUT2D eigenvalue weighted by atomic mass is 32.2. The molecule has 1 saturated carbocycles. The first kappa shape index (κ1) is 12.9. The lowest BCUT2D eigenvalue weighted by Crippen LogP contribution is -2.40. The molecule has 2 unspecified atom stereocenters. The Morgan fingerprint density at radius 2 is 2.13 bits per heavy atom. The highest BCUT2D eigenvalue weighted by Crippen LogP contribution is 2.36. The van der Waals surface area contributed by atoms with Crippen molar-refractivity contribution in [1.82, 2.24) is 9.03 Å². The van der Waals surface area contributed by atoms with Crippen molar-refractivity contribution >= 4 is 10.2 Å². The standard InChI is InChI=1S/C9H21N3O2S/c1-8-6-9(8)7-11-15(13,14)12(2)5-3-4-10/h8-9,11H,3-7,10H2,1-2H3. The van der Waals surface area contributed by atoms with Crippen LogP contribution in [0.15, 0.2) is 0 Å². The monoisotopic (exact) mass is 235 g/mol. The van der Waals surface area contributed by atoms with Crippen molar-refractivity contribution in [3.8, 4) is 0 Å². The van der Waals surface area contributed by atoms with E-state index in [0.29, 0.717) is 37.9 Å². The number of hydrogen-bond donors (Lipinski definition) is 2. The van der Waals surface area contributed by atoms with Crippen LogP contribution < -0.4 is 10.5 Å². The van der Waals surface area contributed by atoms with Crippen LogP contribution >= 0.6 is 0 Å². The molecular weight excluding hydrogens is 214 g/mol. The van der Waals surface area contributed by atoms with E-state index >= 15 is 0 Å². The van der Waals surface area contributed by atoms with Gasteiger partial charge in [0.1, 0.15) is 0 Å². The van der Waals surface area contributed by atoms with E-state index in [1.54, 1.807) is 7.05 Å². The predicted molar refractivity (Wildman–Crippen MR) is 60.5 cm³/mol. The molecule has 90 valence electrons. The molecule has 2 atom stereocenters. The zero-order valence-corrected chi connectivity index (χ0v) is 10.3. The van der Waals surface area contributed by atoms with E-state index in [1.807, 2.05) is 0 Å². The Kier molecular flexibility index (Phi) is 4.51. The van der Waals surface area contributed by atoms with E-state index in [9.17, 15) is 8.42 Å². The Balaban J connectivity index is 2.30. The lowest BCUT2D eigenvalue weighted by Gasteiger charge is -2.17. The number of nitrogens with two attached hydrogens (primary N) is 1. The molecule has 0 aromatic carbocycles. The molecule has 3 N–H and O–H groups in total. The number of rotatable bonds is 7. The predicted octanol–water partition coefficient (Wildman–Crippen LogP) is -0.243. The quantitative estimate of drug-likeness (QED) is 0.639. The summed E-state index contributed by atoms with van der Waals surface area (Å²) >= 11 is 0. The fraction of sp³-hybridized carbons (Fsp3) is 1.00. The van der Waals surface area contributed by atoms with Crippen LogP contribution in [-0.2, 0) is 10.2 Å². The summed E-state index contributed by atoms with van der Waals surface area (Å²) in [6, 6.07) is 0. The van der Waals surface area contributed by atoms with Gasteiger partial charge in [-0.15, -0.1) is 0 Å². The minimum Gasteiger partial charge on any atom is -0.330 e. The normalized spacial score (nSPS) is 25.9. The summed E-state index contributed by atoms with van der Waals surface area (Å²) in [5, 5.41) is 0. The molecule has 0 aromatic rings. The third kappa shape index (κ3) is 4.06. The number of nitrogens with one attached hydrogen (secondary N) is 1. The SMILES string of the molecule is CC1CC1CNS(=O)(=O)N(C)CCCN. The van der Waals surface area contributed by atoms with E-state index in [4.69, 9.17) is 5.73 Å². The van der Waals surface area contributed by atoms with Crippen LogP contribution in [0.4, 0.5) is 0 Å². The Labute approximate surface area is 92.2 Å². The second-order valence-corrected chi connectivity index (χ2v) is 6.15. The third-order valence-corrected chi connectivity index (χ3v) is 4.43. The van der Waals surface area contributed by atoms with Crippen molar-refractivity contribution in [3.63, 3.8) is 0 Å². The molecule has 0 bridgehead atoms. The first-order chi connectivity index (χ1) is 6.97. The van der Waals surface area contributed by atoms with Gasteiger partial charge >= 0.3 is 0 Å². The van der Waals surface area contributed by atoms with Gasteiger partial charge in [-0.2, -0.15) is 12.7 Å². The smallest absolute Gasteiger partial charge is 0.279 e. The molecule has 0 radical (unpaired) electrons. The van der Waals surface area contributed by atoms with Crippen LogP contribution in [0.1, 0.15) is 19.8 Å². The maximum atomic E-state index is 11.6. The topological polar surface area (TPSA) is 75.4 Å². The molecule has 0 spiro atoms. The zero-order valence-electron chi connectivity index (χ0n) is 9.44. The van der Waals surface area contributed by atoms with Gasteiger partial charge in [-0.1, -0.05) is 6.92 Å². The highest BCUT2D eigenvalue weighted by Gasteiger charge is 2.33. The van der Waals surface area contributed by atoms with E-state index < -0.39 is 10.2 Å². The molecule has 15 heavy (non-hydrogen) atoms. The van der Waals surface area contributed by atoms with Crippen molar-refractivity contribution in [2.75, 3.05) is 26.7 Å². The van der Waals surface area contributed by atoms with Gasteiger partial charge in [-0.3, -0.25) is 0 Å². The van der Waals surface area contributed by atoms with Gasteiger partial charge in [0.15, 0.2) is 0 Å². The summed E-state index contributed by atoms with van der Waals surface area (Å²) in [4.78, 5) is 0. The van der Waals surface area contributed by atoms with Crippen LogP contribution in [-0.4, -0.2) is 39.4 Å².